The summed E-state index contributed by atoms with van der Waals surface area (Å²) in [4.78, 5) is 95.0. The summed E-state index contributed by atoms with van der Waals surface area (Å²) >= 11 is 0. The molecule has 0 bridgehead atoms. The molecule has 5 rings (SSSR count). The van der Waals surface area contributed by atoms with Gasteiger partial charge >= 0.3 is 52.6 Å². The van der Waals surface area contributed by atoms with Crippen molar-refractivity contribution < 1.29 is 106 Å². The summed E-state index contributed by atoms with van der Waals surface area (Å²) in [5, 5.41) is 10.7. The summed E-state index contributed by atoms with van der Waals surface area (Å²) in [5.74, 6) is -0.128. The first-order chi connectivity index (χ1) is 27.7. The smallest absolute Gasteiger partial charge is 0.423 e. The minimum absolute atomic E-state index is 0.0167. The Labute approximate surface area is 334 Å². The lowest BCUT2D eigenvalue weighted by molar-refractivity contribution is -0.118. The first kappa shape index (κ1) is 48.3. The molecule has 29 nitrogen and oxygen atoms in total. The van der Waals surface area contributed by atoms with Crippen molar-refractivity contribution in [3.63, 3.8) is 0 Å². The molecule has 60 heavy (non-hydrogen) atoms. The number of nitrogen functional groups attached to an aromatic ring is 1. The molecule has 0 radical (unpaired) electrons. The summed E-state index contributed by atoms with van der Waals surface area (Å²) in [6.45, 7) is -0.166. The van der Waals surface area contributed by atoms with Gasteiger partial charge < -0.3 is 49.4 Å². The average molecular weight is 973 g/mol. The third kappa shape index (κ3) is 13.4. The highest BCUT2D eigenvalue weighted by Crippen LogP contribution is 2.75. The predicted molar refractivity (Wildman–Crippen MR) is 195 cm³/mol. The lowest BCUT2D eigenvalue weighted by atomic mass is 10.0. The SMILES string of the molecule is CCCC(=O)Cc1cc(=O)oc2cc(COP(=O)(O)OP(=O)(O)OP(=O)(O)OP(=O)(O)OP(=O)(O)OP(=O)(O)OC[C@H]3O[C@@H](n4cnc5c(N)ncnc54)CC3O)ccc12. The number of aliphatic hydroxyl groups is 1. The Kier molecular flexibility index (Phi) is 14.9. The third-order valence-electron chi connectivity index (χ3n) is 7.54. The maximum Gasteiger partial charge on any atom is 0.490 e. The van der Waals surface area contributed by atoms with Crippen LogP contribution in [0.4, 0.5) is 5.82 Å². The van der Waals surface area contributed by atoms with Crippen LogP contribution in [0.25, 0.3) is 22.1 Å². The Morgan fingerprint density at radius 1 is 0.850 bits per heavy atom. The molecule has 9 atom stereocenters. The van der Waals surface area contributed by atoms with Crippen molar-refractivity contribution in [2.45, 2.75) is 57.6 Å². The van der Waals surface area contributed by atoms with Crippen molar-refractivity contribution in [1.29, 1.82) is 0 Å². The van der Waals surface area contributed by atoms with Crippen LogP contribution in [0.15, 0.2) is 46.1 Å². The number of hydrogen-bond donors (Lipinski definition) is 8. The maximum absolute atomic E-state index is 12.4. The van der Waals surface area contributed by atoms with Crippen molar-refractivity contribution in [2.75, 3.05) is 12.3 Å². The minimum Gasteiger partial charge on any atom is -0.423 e. The van der Waals surface area contributed by atoms with Crippen molar-refractivity contribution >= 4 is 80.7 Å². The van der Waals surface area contributed by atoms with E-state index in [1.54, 1.807) is 6.92 Å². The van der Waals surface area contributed by atoms with E-state index in [-0.39, 0.29) is 53.2 Å². The number of aliphatic hydroxyl groups excluding tert-OH is 1. The number of phosphoric ester groups is 2. The highest BCUT2D eigenvalue weighted by Gasteiger charge is 2.50. The number of phosphoric acid groups is 6. The molecule has 3 aromatic heterocycles. The van der Waals surface area contributed by atoms with Crippen LogP contribution >= 0.6 is 46.9 Å². The molecule has 1 saturated heterocycles. The Hall–Kier alpha value is -2.77. The van der Waals surface area contributed by atoms with Gasteiger partial charge in [0.25, 0.3) is 0 Å². The van der Waals surface area contributed by atoms with Crippen LogP contribution in [0, 0.1) is 0 Å². The van der Waals surface area contributed by atoms with Crippen LogP contribution < -0.4 is 11.4 Å². The number of ether oxygens (including phenoxy) is 1. The van der Waals surface area contributed by atoms with Gasteiger partial charge in [-0.05, 0) is 23.6 Å². The second kappa shape index (κ2) is 18.5. The van der Waals surface area contributed by atoms with Crippen LogP contribution in [-0.2, 0) is 80.6 Å². The second-order valence-electron chi connectivity index (χ2n) is 12.2. The van der Waals surface area contributed by atoms with E-state index in [1.165, 1.54) is 23.0 Å². The number of imidazole rings is 1. The molecule has 332 valence electrons. The van der Waals surface area contributed by atoms with E-state index in [9.17, 15) is 71.4 Å². The van der Waals surface area contributed by atoms with E-state index >= 15 is 0 Å². The van der Waals surface area contributed by atoms with Gasteiger partial charge in [0, 0.05) is 30.7 Å². The molecule has 0 aliphatic carbocycles. The molecule has 4 aromatic rings. The monoisotopic (exact) mass is 973 g/mol. The fourth-order valence-electron chi connectivity index (χ4n) is 5.29. The van der Waals surface area contributed by atoms with Gasteiger partial charge in [-0.3, -0.25) is 18.4 Å². The topological polar surface area (TPSA) is 435 Å². The summed E-state index contributed by atoms with van der Waals surface area (Å²) in [7, 11) is -37.3. The molecule has 0 amide bonds. The third-order valence-corrected chi connectivity index (χ3v) is 16.7. The van der Waals surface area contributed by atoms with Gasteiger partial charge in [-0.15, -0.1) is 0 Å². The number of nitrogens with zero attached hydrogens (tertiary/aromatic N) is 4. The number of carbonyl (C=O) groups excluding carboxylic acids is 1. The summed E-state index contributed by atoms with van der Waals surface area (Å²) in [6, 6.07) is 4.92. The van der Waals surface area contributed by atoms with Crippen molar-refractivity contribution in [3.8, 4) is 0 Å². The number of ketones is 1. The van der Waals surface area contributed by atoms with E-state index in [4.69, 9.17) is 14.9 Å². The van der Waals surface area contributed by atoms with Crippen LogP contribution in [0.2, 0.25) is 0 Å². The van der Waals surface area contributed by atoms with Crippen molar-refractivity contribution in [3.05, 3.63) is 58.5 Å². The number of Topliss-reactive ketones (excluding diaryl/α,β-unsaturated/α-hetero) is 1. The molecule has 0 spiro atoms. The van der Waals surface area contributed by atoms with Gasteiger partial charge in [0.15, 0.2) is 11.5 Å². The summed E-state index contributed by atoms with van der Waals surface area (Å²) in [5.41, 5.74) is 5.53. The van der Waals surface area contributed by atoms with E-state index in [1.807, 2.05) is 0 Å². The second-order valence-corrected chi connectivity index (χ2v) is 21.6. The fourth-order valence-corrected chi connectivity index (χ4v) is 13.1. The van der Waals surface area contributed by atoms with Crippen LogP contribution in [-0.4, -0.2) is 78.6 Å². The fraction of sp³-hybridized carbons (Fsp3) is 0.400. The Morgan fingerprint density at radius 2 is 1.43 bits per heavy atom. The van der Waals surface area contributed by atoms with Crippen LogP contribution in [0.3, 0.4) is 0 Å². The lowest BCUT2D eigenvalue weighted by Gasteiger charge is -2.21. The average Bonchev–Trinajstić information content (AvgIpc) is 3.67. The first-order valence-corrected chi connectivity index (χ1v) is 25.3. The predicted octanol–water partition coefficient (Wildman–Crippen LogP) is 2.99. The molecule has 1 aliphatic heterocycles. The van der Waals surface area contributed by atoms with Gasteiger partial charge in [-0.1, -0.05) is 19.1 Å². The van der Waals surface area contributed by atoms with Gasteiger partial charge in [0.05, 0.1) is 25.6 Å². The number of benzene rings is 1. The van der Waals surface area contributed by atoms with E-state index in [0.717, 1.165) is 18.5 Å². The molecular weight excluding hydrogens is 940 g/mol. The number of rotatable bonds is 21. The van der Waals surface area contributed by atoms with Crippen LogP contribution in [0.5, 0.6) is 0 Å². The van der Waals surface area contributed by atoms with Gasteiger partial charge in [-0.25, -0.2) is 47.1 Å². The zero-order chi connectivity index (χ0) is 44.5. The summed E-state index contributed by atoms with van der Waals surface area (Å²) in [6.07, 6.45) is -0.859. The van der Waals surface area contributed by atoms with E-state index in [2.05, 4.69) is 45.6 Å². The first-order valence-electron chi connectivity index (χ1n) is 16.3. The quantitative estimate of drug-likeness (QED) is 0.0439. The Morgan fingerprint density at radius 3 is 2.03 bits per heavy atom. The van der Waals surface area contributed by atoms with Crippen molar-refractivity contribution in [1.82, 2.24) is 19.5 Å². The summed E-state index contributed by atoms with van der Waals surface area (Å²) < 4.78 is 114. The molecule has 7 unspecified atom stereocenters. The van der Waals surface area contributed by atoms with Gasteiger partial charge in [-0.2, -0.15) is 21.6 Å². The number of hydrogen-bond acceptors (Lipinski definition) is 22. The Balaban J connectivity index is 1.12. The number of fused-ring (bicyclic) bond motifs is 2. The highest BCUT2D eigenvalue weighted by atomic mass is 31.3. The molecule has 1 aromatic carbocycles. The number of carbonyl (C=O) groups is 1. The van der Waals surface area contributed by atoms with Crippen LogP contribution in [0.1, 0.15) is 43.5 Å². The van der Waals surface area contributed by atoms with Crippen molar-refractivity contribution in [2.24, 2.45) is 0 Å². The zero-order valence-electron chi connectivity index (χ0n) is 30.1. The lowest BCUT2D eigenvalue weighted by Crippen LogP contribution is -2.26. The molecule has 0 saturated carbocycles. The highest BCUT2D eigenvalue weighted by molar-refractivity contribution is 7.72. The Bertz CT molecular complexity index is 2620. The number of anilines is 1. The molecule has 35 heteroatoms. The maximum atomic E-state index is 12.4. The molecule has 9 N–H and O–H groups in total. The normalized spacial score (nSPS) is 23.2. The zero-order valence-corrected chi connectivity index (χ0v) is 35.4. The van der Waals surface area contributed by atoms with E-state index in [0.29, 0.717) is 17.4 Å². The molecule has 4 heterocycles. The van der Waals surface area contributed by atoms with Gasteiger partial charge in [0.2, 0.25) is 0 Å². The molecular formula is C25H33N5O24P6. The number of nitrogens with two attached hydrogens (primary N) is 1. The minimum atomic E-state index is -6.52. The van der Waals surface area contributed by atoms with E-state index < -0.39 is 84.2 Å². The standard InChI is InChI=1S/C25H33N5O24P6/c1-2-3-16(31)7-15-8-22(33)49-19-6-14(4-5-17(15)19)10-46-55(34,35)50-57(38,39)52-59(42,43)54-60(44,45)53-58(40,41)51-56(36,37)47-11-20-18(32)9-21(48-20)30-13-29-23-24(26)27-12-28-25(23)30/h4-6,8,12-13,18,20-21,32H,2-3,7,9-11H2,1H3,(H,34,35)(H,36,37)(H,38,39)(H,40,41)(H,42,43)(H,44,45)(H2,26,27,28)/t18?,20-,21-/m1/s1. The molecule has 1 aliphatic rings. The largest absolute Gasteiger partial charge is 0.490 e. The molecule has 1 fully saturated rings. The van der Waals surface area contributed by atoms with Gasteiger partial charge in [0.1, 0.15) is 35.5 Å². The number of aromatic nitrogens is 4.